The SMILES string of the molecule is CCCCn1ncc(NC2C(N)CC2OCC)c(Br)c1=O. The second-order valence-corrected chi connectivity index (χ2v) is 6.11. The highest BCUT2D eigenvalue weighted by Crippen LogP contribution is 2.28. The standard InChI is InChI=1S/C14H23BrN4O2/c1-3-5-6-19-14(20)12(15)10(8-17-19)18-13-9(16)7-11(13)21-4-2/h8-9,11,13,18H,3-7,16H2,1-2H3. The largest absolute Gasteiger partial charge is 0.376 e. The number of aryl methyl sites for hydroxylation is 1. The highest BCUT2D eigenvalue weighted by atomic mass is 79.9. The molecule has 21 heavy (non-hydrogen) atoms. The van der Waals surface area contributed by atoms with E-state index in [2.05, 4.69) is 33.3 Å². The lowest BCUT2D eigenvalue weighted by Gasteiger charge is -2.43. The summed E-state index contributed by atoms with van der Waals surface area (Å²) in [7, 11) is 0. The predicted octanol–water partition coefficient (Wildman–Crippen LogP) is 1.72. The molecule has 3 unspecified atom stereocenters. The van der Waals surface area contributed by atoms with Crippen molar-refractivity contribution in [3.05, 3.63) is 21.0 Å². The molecular weight excluding hydrogens is 336 g/mol. The molecule has 6 nitrogen and oxygen atoms in total. The molecule has 0 saturated heterocycles. The van der Waals surface area contributed by atoms with E-state index in [4.69, 9.17) is 10.5 Å². The molecule has 1 heterocycles. The van der Waals surface area contributed by atoms with Crippen LogP contribution in [-0.4, -0.2) is 34.6 Å². The number of anilines is 1. The molecule has 0 amide bonds. The number of nitrogens with zero attached hydrogens (tertiary/aromatic N) is 2. The van der Waals surface area contributed by atoms with Crippen LogP contribution in [0, 0.1) is 0 Å². The second-order valence-electron chi connectivity index (χ2n) is 5.32. The molecule has 0 aliphatic heterocycles. The van der Waals surface area contributed by atoms with Gasteiger partial charge in [-0.25, -0.2) is 4.68 Å². The van der Waals surface area contributed by atoms with Gasteiger partial charge < -0.3 is 15.8 Å². The Labute approximate surface area is 133 Å². The molecule has 3 atom stereocenters. The lowest BCUT2D eigenvalue weighted by Crippen LogP contribution is -2.60. The van der Waals surface area contributed by atoms with Gasteiger partial charge in [0.05, 0.1) is 24.0 Å². The van der Waals surface area contributed by atoms with Crippen LogP contribution in [0.15, 0.2) is 15.5 Å². The first-order valence-electron chi connectivity index (χ1n) is 7.47. The first-order valence-corrected chi connectivity index (χ1v) is 8.27. The van der Waals surface area contributed by atoms with Crippen LogP contribution >= 0.6 is 15.9 Å². The van der Waals surface area contributed by atoms with E-state index in [1.807, 2.05) is 6.92 Å². The maximum Gasteiger partial charge on any atom is 0.283 e. The fourth-order valence-electron chi connectivity index (χ4n) is 2.44. The molecule has 0 radical (unpaired) electrons. The van der Waals surface area contributed by atoms with Crippen molar-refractivity contribution in [2.75, 3.05) is 11.9 Å². The molecule has 0 bridgehead atoms. The summed E-state index contributed by atoms with van der Waals surface area (Å²) in [6.45, 7) is 5.35. The van der Waals surface area contributed by atoms with Crippen LogP contribution in [0.5, 0.6) is 0 Å². The first-order chi connectivity index (χ1) is 10.1. The van der Waals surface area contributed by atoms with Crippen molar-refractivity contribution >= 4 is 21.6 Å². The molecule has 3 N–H and O–H groups in total. The van der Waals surface area contributed by atoms with Crippen LogP contribution < -0.4 is 16.6 Å². The van der Waals surface area contributed by atoms with E-state index in [-0.39, 0.29) is 23.7 Å². The third kappa shape index (κ3) is 3.64. The Morgan fingerprint density at radius 1 is 1.57 bits per heavy atom. The molecule has 1 aliphatic rings. The van der Waals surface area contributed by atoms with E-state index in [1.165, 1.54) is 4.68 Å². The number of halogens is 1. The molecule has 0 aromatic carbocycles. The Morgan fingerprint density at radius 2 is 2.33 bits per heavy atom. The number of unbranched alkanes of at least 4 members (excludes halogenated alkanes) is 1. The van der Waals surface area contributed by atoms with Gasteiger partial charge in [-0.2, -0.15) is 5.10 Å². The topological polar surface area (TPSA) is 82.2 Å². The minimum atomic E-state index is -0.116. The van der Waals surface area contributed by atoms with Crippen molar-refractivity contribution in [1.82, 2.24) is 9.78 Å². The third-order valence-corrected chi connectivity index (χ3v) is 4.54. The zero-order valence-corrected chi connectivity index (χ0v) is 14.1. The van der Waals surface area contributed by atoms with Gasteiger partial charge in [0.25, 0.3) is 5.56 Å². The molecule has 7 heteroatoms. The van der Waals surface area contributed by atoms with E-state index >= 15 is 0 Å². The molecule has 1 saturated carbocycles. The summed E-state index contributed by atoms with van der Waals surface area (Å²) >= 11 is 3.37. The molecule has 1 aromatic heterocycles. The Hall–Kier alpha value is -0.920. The highest BCUT2D eigenvalue weighted by molar-refractivity contribution is 9.10. The highest BCUT2D eigenvalue weighted by Gasteiger charge is 2.39. The van der Waals surface area contributed by atoms with Crippen molar-refractivity contribution in [3.8, 4) is 0 Å². The summed E-state index contributed by atoms with van der Waals surface area (Å²) in [5, 5.41) is 7.50. The summed E-state index contributed by atoms with van der Waals surface area (Å²) in [6.07, 6.45) is 4.57. The van der Waals surface area contributed by atoms with E-state index in [9.17, 15) is 4.79 Å². The van der Waals surface area contributed by atoms with Crippen molar-refractivity contribution in [2.45, 2.75) is 57.8 Å². The van der Waals surface area contributed by atoms with Crippen molar-refractivity contribution in [1.29, 1.82) is 0 Å². The van der Waals surface area contributed by atoms with E-state index in [1.54, 1.807) is 6.20 Å². The van der Waals surface area contributed by atoms with Gasteiger partial charge in [0.2, 0.25) is 0 Å². The smallest absolute Gasteiger partial charge is 0.283 e. The summed E-state index contributed by atoms with van der Waals surface area (Å²) in [5.41, 5.74) is 6.58. The molecule has 1 aliphatic carbocycles. The average Bonchev–Trinajstić information content (AvgIpc) is 2.47. The summed E-state index contributed by atoms with van der Waals surface area (Å²) in [6, 6.07) is 0.0601. The molecule has 1 fully saturated rings. The number of nitrogens with two attached hydrogens (primary N) is 1. The third-order valence-electron chi connectivity index (χ3n) is 3.78. The Balaban J connectivity index is 2.10. The fourth-order valence-corrected chi connectivity index (χ4v) is 2.86. The Bertz CT molecular complexity index is 532. The lowest BCUT2D eigenvalue weighted by molar-refractivity contribution is -0.0126. The molecule has 118 valence electrons. The van der Waals surface area contributed by atoms with E-state index < -0.39 is 0 Å². The Kier molecular flexibility index (Phi) is 5.78. The molecule has 0 spiro atoms. The van der Waals surface area contributed by atoms with Crippen LogP contribution in [0.4, 0.5) is 5.69 Å². The van der Waals surface area contributed by atoms with Crippen molar-refractivity contribution in [2.24, 2.45) is 5.73 Å². The summed E-state index contributed by atoms with van der Waals surface area (Å²) in [5.74, 6) is 0. The van der Waals surface area contributed by atoms with Gasteiger partial charge in [0.15, 0.2) is 0 Å². The average molecular weight is 359 g/mol. The Morgan fingerprint density at radius 3 is 2.95 bits per heavy atom. The zero-order valence-electron chi connectivity index (χ0n) is 12.5. The molecule has 2 rings (SSSR count). The molecule has 1 aromatic rings. The van der Waals surface area contributed by atoms with Crippen LogP contribution in [0.25, 0.3) is 0 Å². The van der Waals surface area contributed by atoms with Crippen molar-refractivity contribution < 1.29 is 4.74 Å². The minimum absolute atomic E-state index is 0.0222. The van der Waals surface area contributed by atoms with Gasteiger partial charge in [-0.05, 0) is 35.7 Å². The minimum Gasteiger partial charge on any atom is -0.376 e. The quantitative estimate of drug-likeness (QED) is 0.775. The van der Waals surface area contributed by atoms with Gasteiger partial charge in [-0.15, -0.1) is 0 Å². The summed E-state index contributed by atoms with van der Waals surface area (Å²) < 4.78 is 7.61. The maximum atomic E-state index is 12.2. The number of nitrogens with one attached hydrogen (secondary N) is 1. The van der Waals surface area contributed by atoms with Gasteiger partial charge in [-0.1, -0.05) is 13.3 Å². The van der Waals surface area contributed by atoms with Crippen LogP contribution in [-0.2, 0) is 11.3 Å². The van der Waals surface area contributed by atoms with Gasteiger partial charge in [-0.3, -0.25) is 4.79 Å². The van der Waals surface area contributed by atoms with E-state index in [0.717, 1.165) is 19.3 Å². The lowest BCUT2D eigenvalue weighted by atomic mass is 9.83. The number of ether oxygens (including phenoxy) is 1. The number of hydrogen-bond acceptors (Lipinski definition) is 5. The fraction of sp³-hybridized carbons (Fsp3) is 0.714. The normalized spacial score (nSPS) is 24.7. The number of hydrogen-bond donors (Lipinski definition) is 2. The summed E-state index contributed by atoms with van der Waals surface area (Å²) in [4.78, 5) is 12.2. The van der Waals surface area contributed by atoms with Gasteiger partial charge >= 0.3 is 0 Å². The second kappa shape index (κ2) is 7.38. The maximum absolute atomic E-state index is 12.2. The van der Waals surface area contributed by atoms with Gasteiger partial charge in [0.1, 0.15) is 4.47 Å². The number of rotatable bonds is 7. The van der Waals surface area contributed by atoms with Gasteiger partial charge in [0, 0.05) is 19.2 Å². The zero-order chi connectivity index (χ0) is 15.4. The van der Waals surface area contributed by atoms with Crippen LogP contribution in [0.2, 0.25) is 0 Å². The van der Waals surface area contributed by atoms with E-state index in [0.29, 0.717) is 23.3 Å². The van der Waals surface area contributed by atoms with Crippen LogP contribution in [0.1, 0.15) is 33.1 Å². The predicted molar refractivity (Wildman–Crippen MR) is 86.5 cm³/mol. The molecular formula is C14H23BrN4O2. The van der Waals surface area contributed by atoms with Crippen LogP contribution in [0.3, 0.4) is 0 Å². The number of aromatic nitrogens is 2. The monoisotopic (exact) mass is 358 g/mol. The van der Waals surface area contributed by atoms with Crippen molar-refractivity contribution in [3.63, 3.8) is 0 Å². The first kappa shape index (κ1) is 16.5.